The number of ether oxygens (including phenoxy) is 1. The highest BCUT2D eigenvalue weighted by Crippen LogP contribution is 2.32. The molecule has 1 aliphatic heterocycles. The first-order valence-corrected chi connectivity index (χ1v) is 8.13. The third-order valence-electron chi connectivity index (χ3n) is 4.37. The molecule has 0 spiro atoms. The van der Waals surface area contributed by atoms with Crippen molar-refractivity contribution in [1.29, 1.82) is 0 Å². The van der Waals surface area contributed by atoms with Gasteiger partial charge in [-0.25, -0.2) is 4.79 Å². The maximum absolute atomic E-state index is 12.6. The number of carbonyl (C=O) groups is 1. The molecule has 1 aliphatic rings. The van der Waals surface area contributed by atoms with Crippen molar-refractivity contribution in [2.24, 2.45) is 0 Å². The lowest BCUT2D eigenvalue weighted by Crippen LogP contribution is -2.39. The van der Waals surface area contributed by atoms with Crippen LogP contribution in [0.3, 0.4) is 0 Å². The Morgan fingerprint density at radius 1 is 1.26 bits per heavy atom. The summed E-state index contributed by atoms with van der Waals surface area (Å²) in [6.45, 7) is 3.11. The minimum absolute atomic E-state index is 0.0926. The van der Waals surface area contributed by atoms with Crippen molar-refractivity contribution < 1.29 is 9.53 Å². The topological polar surface area (TPSA) is 42.4 Å². The van der Waals surface area contributed by atoms with Crippen molar-refractivity contribution in [3.63, 3.8) is 0 Å². The van der Waals surface area contributed by atoms with Crippen LogP contribution in [-0.4, -0.2) is 22.5 Å². The zero-order chi connectivity index (χ0) is 16.1. The van der Waals surface area contributed by atoms with Gasteiger partial charge in [-0.1, -0.05) is 30.3 Å². The number of pyridine rings is 1. The Hall–Kier alpha value is -2.36. The van der Waals surface area contributed by atoms with E-state index in [0.717, 1.165) is 36.9 Å². The van der Waals surface area contributed by atoms with E-state index in [1.165, 1.54) is 5.56 Å². The predicted octanol–water partition coefficient (Wildman–Crippen LogP) is 4.25. The summed E-state index contributed by atoms with van der Waals surface area (Å²) in [6, 6.07) is 11.9. The molecule has 1 atom stereocenters. The fourth-order valence-corrected chi connectivity index (χ4v) is 3.13. The van der Waals surface area contributed by atoms with E-state index in [0.29, 0.717) is 6.61 Å². The lowest BCUT2D eigenvalue weighted by atomic mass is 9.94. The Bertz CT molecular complexity index is 657. The van der Waals surface area contributed by atoms with Gasteiger partial charge < -0.3 is 9.64 Å². The Kier molecular flexibility index (Phi) is 4.91. The summed E-state index contributed by atoms with van der Waals surface area (Å²) in [7, 11) is 0. The summed E-state index contributed by atoms with van der Waals surface area (Å²) in [6.07, 6.45) is 6.57. The van der Waals surface area contributed by atoms with Crippen molar-refractivity contribution in [2.45, 2.75) is 38.8 Å². The van der Waals surface area contributed by atoms with Crippen molar-refractivity contribution >= 4 is 6.09 Å². The summed E-state index contributed by atoms with van der Waals surface area (Å²) in [5, 5.41) is 0. The van der Waals surface area contributed by atoms with Gasteiger partial charge in [0.1, 0.15) is 6.61 Å². The van der Waals surface area contributed by atoms with Crippen LogP contribution in [0, 0.1) is 6.92 Å². The highest BCUT2D eigenvalue weighted by Gasteiger charge is 2.29. The summed E-state index contributed by atoms with van der Waals surface area (Å²) in [5.74, 6) is 0. The van der Waals surface area contributed by atoms with Gasteiger partial charge in [-0.15, -0.1) is 0 Å². The third kappa shape index (κ3) is 3.70. The molecule has 1 fully saturated rings. The number of rotatable bonds is 3. The van der Waals surface area contributed by atoms with E-state index in [-0.39, 0.29) is 12.1 Å². The van der Waals surface area contributed by atoms with Crippen LogP contribution in [-0.2, 0) is 11.3 Å². The van der Waals surface area contributed by atoms with Crippen LogP contribution in [0.15, 0.2) is 48.8 Å². The molecule has 1 amide bonds. The molecule has 2 aromatic rings. The molecule has 0 aliphatic carbocycles. The van der Waals surface area contributed by atoms with Crippen molar-refractivity contribution in [2.75, 3.05) is 6.54 Å². The number of aryl methyl sites for hydroxylation is 1. The van der Waals surface area contributed by atoms with Gasteiger partial charge in [0.15, 0.2) is 0 Å². The van der Waals surface area contributed by atoms with Crippen LogP contribution >= 0.6 is 0 Å². The van der Waals surface area contributed by atoms with E-state index in [1.807, 2.05) is 54.4 Å². The molecule has 0 N–H and O–H groups in total. The molecule has 23 heavy (non-hydrogen) atoms. The van der Waals surface area contributed by atoms with E-state index >= 15 is 0 Å². The van der Waals surface area contributed by atoms with Gasteiger partial charge in [0.25, 0.3) is 0 Å². The molecule has 2 heterocycles. The molecule has 1 aromatic carbocycles. The van der Waals surface area contributed by atoms with E-state index in [1.54, 1.807) is 6.20 Å². The van der Waals surface area contributed by atoms with Gasteiger partial charge in [-0.05, 0) is 48.9 Å². The van der Waals surface area contributed by atoms with Crippen LogP contribution < -0.4 is 0 Å². The normalized spacial score (nSPS) is 17.8. The first kappa shape index (κ1) is 15.5. The molecule has 0 radical (unpaired) electrons. The minimum atomic E-state index is -0.227. The second-order valence-electron chi connectivity index (χ2n) is 5.98. The van der Waals surface area contributed by atoms with Crippen molar-refractivity contribution in [1.82, 2.24) is 9.88 Å². The molecule has 120 valence electrons. The van der Waals surface area contributed by atoms with E-state index in [4.69, 9.17) is 4.74 Å². The summed E-state index contributed by atoms with van der Waals surface area (Å²) in [4.78, 5) is 18.6. The SMILES string of the molecule is Cc1cnccc1C1CCCCN1C(=O)OCc1ccccc1. The Balaban J connectivity index is 1.71. The van der Waals surface area contributed by atoms with Gasteiger partial charge in [-0.3, -0.25) is 4.98 Å². The molecule has 4 heteroatoms. The lowest BCUT2D eigenvalue weighted by Gasteiger charge is -2.35. The second-order valence-corrected chi connectivity index (χ2v) is 5.98. The zero-order valence-electron chi connectivity index (χ0n) is 13.4. The number of amides is 1. The largest absolute Gasteiger partial charge is 0.445 e. The third-order valence-corrected chi connectivity index (χ3v) is 4.37. The first-order valence-electron chi connectivity index (χ1n) is 8.13. The van der Waals surface area contributed by atoms with Gasteiger partial charge >= 0.3 is 6.09 Å². The number of benzene rings is 1. The lowest BCUT2D eigenvalue weighted by molar-refractivity contribution is 0.0677. The molecule has 1 aromatic heterocycles. The fourth-order valence-electron chi connectivity index (χ4n) is 3.13. The van der Waals surface area contributed by atoms with E-state index < -0.39 is 0 Å². The smallest absolute Gasteiger partial charge is 0.410 e. The van der Waals surface area contributed by atoms with E-state index in [2.05, 4.69) is 4.98 Å². The molecular formula is C19H22N2O2. The maximum Gasteiger partial charge on any atom is 0.410 e. The molecule has 3 rings (SSSR count). The fraction of sp³-hybridized carbons (Fsp3) is 0.368. The highest BCUT2D eigenvalue weighted by atomic mass is 16.6. The average molecular weight is 310 g/mol. The number of hydrogen-bond donors (Lipinski definition) is 0. The summed E-state index contributed by atoms with van der Waals surface area (Å²) < 4.78 is 5.53. The average Bonchev–Trinajstić information content (AvgIpc) is 2.61. The van der Waals surface area contributed by atoms with Crippen LogP contribution in [0.5, 0.6) is 0 Å². The van der Waals surface area contributed by atoms with Crippen LogP contribution in [0.2, 0.25) is 0 Å². The van der Waals surface area contributed by atoms with E-state index in [9.17, 15) is 4.79 Å². The van der Waals surface area contributed by atoms with Gasteiger partial charge in [0.05, 0.1) is 6.04 Å². The maximum atomic E-state index is 12.6. The number of likely N-dealkylation sites (tertiary alicyclic amines) is 1. The van der Waals surface area contributed by atoms with Crippen molar-refractivity contribution in [3.8, 4) is 0 Å². The van der Waals surface area contributed by atoms with Crippen LogP contribution in [0.4, 0.5) is 4.79 Å². The molecule has 1 saturated heterocycles. The van der Waals surface area contributed by atoms with Gasteiger partial charge in [0.2, 0.25) is 0 Å². The second kappa shape index (κ2) is 7.27. The number of nitrogens with zero attached hydrogens (tertiary/aromatic N) is 2. The summed E-state index contributed by atoms with van der Waals surface area (Å²) in [5.41, 5.74) is 3.31. The molecule has 1 unspecified atom stereocenters. The van der Waals surface area contributed by atoms with Gasteiger partial charge in [-0.2, -0.15) is 0 Å². The number of aromatic nitrogens is 1. The Morgan fingerprint density at radius 3 is 2.87 bits per heavy atom. The summed E-state index contributed by atoms with van der Waals surface area (Å²) >= 11 is 0. The molecular weight excluding hydrogens is 288 g/mol. The number of hydrogen-bond acceptors (Lipinski definition) is 3. The van der Waals surface area contributed by atoms with Gasteiger partial charge in [0, 0.05) is 18.9 Å². The highest BCUT2D eigenvalue weighted by molar-refractivity contribution is 5.68. The Morgan fingerprint density at radius 2 is 2.09 bits per heavy atom. The monoisotopic (exact) mass is 310 g/mol. The first-order chi connectivity index (χ1) is 11.3. The zero-order valence-corrected chi connectivity index (χ0v) is 13.4. The minimum Gasteiger partial charge on any atom is -0.445 e. The standard InChI is InChI=1S/C19H22N2O2/c1-15-13-20-11-10-17(15)18-9-5-6-12-21(18)19(22)23-14-16-7-3-2-4-8-16/h2-4,7-8,10-11,13,18H,5-6,9,12,14H2,1H3. The predicted molar refractivity (Wildman–Crippen MR) is 88.9 cm³/mol. The Labute approximate surface area is 137 Å². The van der Waals surface area contributed by atoms with Crippen LogP contribution in [0.25, 0.3) is 0 Å². The number of carbonyl (C=O) groups excluding carboxylic acids is 1. The molecule has 0 bridgehead atoms. The molecule has 4 nitrogen and oxygen atoms in total. The van der Waals surface area contributed by atoms with Crippen LogP contribution in [0.1, 0.15) is 42.0 Å². The number of piperidine rings is 1. The quantitative estimate of drug-likeness (QED) is 0.851. The van der Waals surface area contributed by atoms with Crippen molar-refractivity contribution in [3.05, 3.63) is 65.5 Å². The molecule has 0 saturated carbocycles.